The number of ether oxygens (including phenoxy) is 1. The van der Waals surface area contributed by atoms with E-state index < -0.39 is 6.17 Å². The highest BCUT2D eigenvalue weighted by molar-refractivity contribution is 7.10. The van der Waals surface area contributed by atoms with Gasteiger partial charge in [-0.25, -0.2) is 4.39 Å². The molecule has 210 valence electrons. The van der Waals surface area contributed by atoms with Crippen molar-refractivity contribution in [3.63, 3.8) is 0 Å². The topological polar surface area (TPSA) is 61.8 Å². The summed E-state index contributed by atoms with van der Waals surface area (Å²) in [7, 11) is 1.95. The van der Waals surface area contributed by atoms with Gasteiger partial charge in [0, 0.05) is 48.7 Å². The molecule has 0 radical (unpaired) electrons. The molecule has 0 saturated carbocycles. The van der Waals surface area contributed by atoms with Crippen LogP contribution in [0.1, 0.15) is 54.3 Å². The SMILES string of the molecule is C=CC(=O)N1CCN(c2nc(OCC3CC(F)CN3C)nc3c2CCC2(CCc4sccc4C2)C3)CC1CC. The van der Waals surface area contributed by atoms with Gasteiger partial charge in [0.05, 0.1) is 5.69 Å². The number of amides is 1. The van der Waals surface area contributed by atoms with Gasteiger partial charge in [0.15, 0.2) is 0 Å². The van der Waals surface area contributed by atoms with E-state index in [0.717, 1.165) is 63.1 Å². The van der Waals surface area contributed by atoms with Crippen LogP contribution < -0.4 is 9.64 Å². The van der Waals surface area contributed by atoms with E-state index >= 15 is 0 Å². The lowest BCUT2D eigenvalue weighted by molar-refractivity contribution is -0.128. The number of anilines is 1. The second-order valence-electron chi connectivity index (χ2n) is 12.0. The van der Waals surface area contributed by atoms with Crippen molar-refractivity contribution in [1.29, 1.82) is 0 Å². The fourth-order valence-electron chi connectivity index (χ4n) is 7.22. The van der Waals surface area contributed by atoms with Gasteiger partial charge in [-0.3, -0.25) is 9.69 Å². The number of carbonyl (C=O) groups excluding carboxylic acids is 1. The molecule has 4 atom stereocenters. The summed E-state index contributed by atoms with van der Waals surface area (Å²) in [6.07, 6.45) is 8.47. The first kappa shape index (κ1) is 26.7. The third-order valence-electron chi connectivity index (χ3n) is 9.54. The maximum atomic E-state index is 14.0. The fraction of sp³-hybridized carbons (Fsp3) is 0.633. The van der Waals surface area contributed by atoms with Gasteiger partial charge in [-0.15, -0.1) is 11.3 Å². The van der Waals surface area contributed by atoms with Crippen molar-refractivity contribution in [2.24, 2.45) is 5.41 Å². The summed E-state index contributed by atoms with van der Waals surface area (Å²) < 4.78 is 20.2. The first-order valence-electron chi connectivity index (χ1n) is 14.5. The molecule has 4 unspecified atom stereocenters. The molecule has 39 heavy (non-hydrogen) atoms. The van der Waals surface area contributed by atoms with E-state index in [2.05, 4.69) is 29.8 Å². The van der Waals surface area contributed by atoms with Crippen LogP contribution in [0.25, 0.3) is 0 Å². The number of likely N-dealkylation sites (tertiary alicyclic amines) is 1. The van der Waals surface area contributed by atoms with Crippen LogP contribution in [0.5, 0.6) is 6.01 Å². The summed E-state index contributed by atoms with van der Waals surface area (Å²) in [6, 6.07) is 2.85. The number of hydrogen-bond donors (Lipinski definition) is 0. The zero-order valence-electron chi connectivity index (χ0n) is 23.2. The lowest BCUT2D eigenvalue weighted by Gasteiger charge is -2.44. The van der Waals surface area contributed by atoms with Gasteiger partial charge >= 0.3 is 6.01 Å². The van der Waals surface area contributed by atoms with Crippen LogP contribution in [-0.2, 0) is 30.5 Å². The quantitative estimate of drug-likeness (QED) is 0.499. The normalized spacial score (nSPS) is 28.8. The Kier molecular flexibility index (Phi) is 7.39. The van der Waals surface area contributed by atoms with Crippen LogP contribution in [0, 0.1) is 5.41 Å². The molecule has 2 aromatic heterocycles. The minimum absolute atomic E-state index is 0.00544. The number of hydrogen-bond acceptors (Lipinski definition) is 7. The summed E-state index contributed by atoms with van der Waals surface area (Å²) in [4.78, 5) is 30.3. The fourth-order valence-corrected chi connectivity index (χ4v) is 8.13. The number of likely N-dealkylation sites (N-methyl/N-ethyl adjacent to an activating group) is 1. The first-order chi connectivity index (χ1) is 18.9. The van der Waals surface area contributed by atoms with Crippen LogP contribution in [0.15, 0.2) is 24.1 Å². The van der Waals surface area contributed by atoms with Gasteiger partial charge in [0.25, 0.3) is 0 Å². The maximum Gasteiger partial charge on any atom is 0.318 e. The van der Waals surface area contributed by atoms with Crippen molar-refractivity contribution in [2.75, 3.05) is 44.7 Å². The van der Waals surface area contributed by atoms with Crippen molar-refractivity contribution >= 4 is 23.1 Å². The van der Waals surface area contributed by atoms with Crippen LogP contribution in [-0.4, -0.2) is 83.8 Å². The molecule has 0 aromatic carbocycles. The Morgan fingerprint density at radius 3 is 2.85 bits per heavy atom. The third-order valence-corrected chi connectivity index (χ3v) is 10.6. The Morgan fingerprint density at radius 1 is 1.23 bits per heavy atom. The molecule has 1 amide bonds. The molecule has 2 aliphatic heterocycles. The summed E-state index contributed by atoms with van der Waals surface area (Å²) in [5, 5.41) is 2.23. The van der Waals surface area contributed by atoms with Crippen LogP contribution in [0.4, 0.5) is 10.2 Å². The highest BCUT2D eigenvalue weighted by Crippen LogP contribution is 2.47. The van der Waals surface area contributed by atoms with E-state index in [1.807, 2.05) is 28.2 Å². The Hall–Kier alpha value is -2.52. The molecule has 0 bridgehead atoms. The predicted octanol–water partition coefficient (Wildman–Crippen LogP) is 4.24. The predicted molar refractivity (Wildman–Crippen MR) is 152 cm³/mol. The summed E-state index contributed by atoms with van der Waals surface area (Å²) >= 11 is 1.89. The molecule has 7 nitrogen and oxygen atoms in total. The first-order valence-corrected chi connectivity index (χ1v) is 15.4. The van der Waals surface area contributed by atoms with Crippen molar-refractivity contribution in [3.8, 4) is 6.01 Å². The van der Waals surface area contributed by atoms with E-state index in [0.29, 0.717) is 32.1 Å². The number of aromatic nitrogens is 2. The molecule has 2 aromatic rings. The molecule has 2 aliphatic carbocycles. The minimum atomic E-state index is -0.808. The second-order valence-corrected chi connectivity index (χ2v) is 13.0. The van der Waals surface area contributed by atoms with Gasteiger partial charge in [-0.05, 0) is 86.9 Å². The Labute approximate surface area is 235 Å². The lowest BCUT2D eigenvalue weighted by Crippen LogP contribution is -2.55. The van der Waals surface area contributed by atoms with E-state index in [-0.39, 0.29) is 23.4 Å². The highest BCUT2D eigenvalue weighted by atomic mass is 32.1. The zero-order chi connectivity index (χ0) is 27.1. The molecular formula is C30H40FN5O2S. The molecule has 9 heteroatoms. The smallest absolute Gasteiger partial charge is 0.318 e. The molecule has 1 spiro atoms. The van der Waals surface area contributed by atoms with Crippen molar-refractivity contribution in [1.82, 2.24) is 19.8 Å². The number of thiophene rings is 1. The van der Waals surface area contributed by atoms with Gasteiger partial charge in [-0.1, -0.05) is 13.5 Å². The van der Waals surface area contributed by atoms with Crippen molar-refractivity contribution < 1.29 is 13.9 Å². The number of carbonyl (C=O) groups is 1. The number of piperazine rings is 1. The van der Waals surface area contributed by atoms with Crippen LogP contribution in [0.2, 0.25) is 0 Å². The molecule has 4 aliphatic rings. The summed E-state index contributed by atoms with van der Waals surface area (Å²) in [5.74, 6) is 0.957. The Balaban J connectivity index is 1.29. The summed E-state index contributed by atoms with van der Waals surface area (Å²) in [6.45, 7) is 8.76. The monoisotopic (exact) mass is 553 g/mol. The Bertz CT molecular complexity index is 1240. The van der Waals surface area contributed by atoms with Crippen molar-refractivity contribution in [3.05, 3.63) is 45.8 Å². The molecule has 0 N–H and O–H groups in total. The lowest BCUT2D eigenvalue weighted by atomic mass is 9.65. The van der Waals surface area contributed by atoms with E-state index in [9.17, 15) is 9.18 Å². The number of nitrogens with zero attached hydrogens (tertiary/aromatic N) is 5. The largest absolute Gasteiger partial charge is 0.462 e. The molecular weight excluding hydrogens is 513 g/mol. The zero-order valence-corrected chi connectivity index (χ0v) is 24.0. The Morgan fingerprint density at radius 2 is 2.08 bits per heavy atom. The van der Waals surface area contributed by atoms with Gasteiger partial charge in [0.2, 0.25) is 5.91 Å². The number of halogens is 1. The number of rotatable bonds is 6. The average molecular weight is 554 g/mol. The standard InChI is InChI=1S/C30H40FN5O2S/c1-4-22-18-35(11-12-36(22)27(37)5-2)28-24-6-9-30(10-7-26-20(15-30)8-13-39-26)16-25(24)32-29(33-28)38-19-23-14-21(31)17-34(23)3/h5,8,13,21-23H,2,4,6-7,9-12,14-19H2,1,3H3. The number of fused-ring (bicyclic) bond motifs is 2. The molecule has 2 saturated heterocycles. The maximum absolute atomic E-state index is 14.0. The van der Waals surface area contributed by atoms with E-state index in [4.69, 9.17) is 14.7 Å². The summed E-state index contributed by atoms with van der Waals surface area (Å²) in [5.41, 5.74) is 4.10. The third kappa shape index (κ3) is 5.20. The van der Waals surface area contributed by atoms with Gasteiger partial charge < -0.3 is 14.5 Å². The van der Waals surface area contributed by atoms with Gasteiger partial charge in [0.1, 0.15) is 18.6 Å². The number of alkyl halides is 1. The molecule has 6 rings (SSSR count). The second kappa shape index (κ2) is 10.8. The molecule has 4 heterocycles. The van der Waals surface area contributed by atoms with E-state index in [1.54, 1.807) is 4.88 Å². The van der Waals surface area contributed by atoms with Crippen molar-refractivity contribution in [2.45, 2.75) is 76.5 Å². The number of aryl methyl sites for hydroxylation is 1. The highest BCUT2D eigenvalue weighted by Gasteiger charge is 2.41. The van der Waals surface area contributed by atoms with Crippen LogP contribution >= 0.6 is 11.3 Å². The van der Waals surface area contributed by atoms with Crippen LogP contribution in [0.3, 0.4) is 0 Å². The van der Waals surface area contributed by atoms with E-state index in [1.165, 1.54) is 23.6 Å². The molecule has 2 fully saturated rings. The minimum Gasteiger partial charge on any atom is -0.462 e. The van der Waals surface area contributed by atoms with Gasteiger partial charge in [-0.2, -0.15) is 9.97 Å². The average Bonchev–Trinajstić information content (AvgIpc) is 3.54.